The number of benzene rings is 3. The molecule has 0 saturated heterocycles. The van der Waals surface area contributed by atoms with Crippen molar-refractivity contribution in [3.8, 4) is 5.75 Å². The Morgan fingerprint density at radius 3 is 2.53 bits per heavy atom. The highest BCUT2D eigenvalue weighted by atomic mass is 35.5. The van der Waals surface area contributed by atoms with Gasteiger partial charge in [0.15, 0.2) is 5.60 Å². The Balaban J connectivity index is 1.62. The van der Waals surface area contributed by atoms with E-state index in [0.29, 0.717) is 33.3 Å². The number of fused-ring (bicyclic) bond motifs is 1. The van der Waals surface area contributed by atoms with Gasteiger partial charge in [-0.2, -0.15) is 0 Å². The molecule has 0 aromatic heterocycles. The van der Waals surface area contributed by atoms with Gasteiger partial charge in [0.1, 0.15) is 12.3 Å². The van der Waals surface area contributed by atoms with Crippen LogP contribution in [0.15, 0.2) is 72.8 Å². The number of nitrogens with zero attached hydrogens (tertiary/aromatic N) is 1. The number of nitrogens with one attached hydrogen (secondary N) is 1. The van der Waals surface area contributed by atoms with Gasteiger partial charge in [0.05, 0.1) is 12.8 Å². The van der Waals surface area contributed by atoms with Gasteiger partial charge in [-0.25, -0.2) is 0 Å². The van der Waals surface area contributed by atoms with Gasteiger partial charge in [0, 0.05) is 16.3 Å². The van der Waals surface area contributed by atoms with Crippen molar-refractivity contribution < 1.29 is 19.4 Å². The Hall–Kier alpha value is -3.35. The fourth-order valence-corrected chi connectivity index (χ4v) is 3.79. The number of aliphatic hydroxyl groups is 1. The highest BCUT2D eigenvalue weighted by Crippen LogP contribution is 2.44. The molecular weight excluding hydrogens is 404 g/mol. The van der Waals surface area contributed by atoms with E-state index < -0.39 is 17.4 Å². The molecule has 1 aliphatic rings. The number of rotatable bonds is 5. The summed E-state index contributed by atoms with van der Waals surface area (Å²) in [5.74, 6) is -0.322. The van der Waals surface area contributed by atoms with Gasteiger partial charge >= 0.3 is 0 Å². The molecule has 3 aromatic carbocycles. The lowest BCUT2D eigenvalue weighted by Gasteiger charge is -2.23. The maximum atomic E-state index is 13.3. The molecule has 0 bridgehead atoms. The number of ether oxygens (including phenoxy) is 1. The summed E-state index contributed by atoms with van der Waals surface area (Å²) < 4.78 is 5.11. The van der Waals surface area contributed by atoms with Gasteiger partial charge in [0.25, 0.3) is 5.91 Å². The molecule has 3 aromatic rings. The SMILES string of the molecule is COc1ccc(NC(=O)CN2C(=O)C(O)(c3cccc(Cl)c3)c3ccccc32)cc1. The average molecular weight is 423 g/mol. The quantitative estimate of drug-likeness (QED) is 0.658. The molecule has 0 fully saturated rings. The number of anilines is 2. The van der Waals surface area contributed by atoms with Crippen LogP contribution in [-0.2, 0) is 15.2 Å². The molecule has 0 radical (unpaired) electrons. The van der Waals surface area contributed by atoms with Gasteiger partial charge in [-0.05, 0) is 48.0 Å². The topological polar surface area (TPSA) is 78.9 Å². The second-order valence-electron chi connectivity index (χ2n) is 6.91. The van der Waals surface area contributed by atoms with E-state index >= 15 is 0 Å². The van der Waals surface area contributed by atoms with Crippen LogP contribution in [0.2, 0.25) is 5.02 Å². The smallest absolute Gasteiger partial charge is 0.268 e. The summed E-state index contributed by atoms with van der Waals surface area (Å²) in [4.78, 5) is 27.2. The van der Waals surface area contributed by atoms with Crippen molar-refractivity contribution in [2.75, 3.05) is 23.9 Å². The van der Waals surface area contributed by atoms with Crippen LogP contribution in [-0.4, -0.2) is 30.6 Å². The number of para-hydroxylation sites is 1. The van der Waals surface area contributed by atoms with E-state index in [1.807, 2.05) is 0 Å². The molecule has 152 valence electrons. The van der Waals surface area contributed by atoms with E-state index in [-0.39, 0.29) is 6.54 Å². The largest absolute Gasteiger partial charge is 0.497 e. The van der Waals surface area contributed by atoms with Crippen LogP contribution in [0, 0.1) is 0 Å². The highest BCUT2D eigenvalue weighted by Gasteiger charge is 2.51. The van der Waals surface area contributed by atoms with Crippen LogP contribution in [0.3, 0.4) is 0 Å². The zero-order valence-corrected chi connectivity index (χ0v) is 16.9. The average Bonchev–Trinajstić information content (AvgIpc) is 2.97. The molecule has 6 nitrogen and oxygen atoms in total. The lowest BCUT2D eigenvalue weighted by molar-refractivity contribution is -0.133. The van der Waals surface area contributed by atoms with Crippen LogP contribution < -0.4 is 15.0 Å². The maximum absolute atomic E-state index is 13.3. The molecule has 2 N–H and O–H groups in total. The van der Waals surface area contributed by atoms with Crippen molar-refractivity contribution in [3.63, 3.8) is 0 Å². The third-order valence-electron chi connectivity index (χ3n) is 5.06. The van der Waals surface area contributed by atoms with Crippen molar-refractivity contribution in [2.24, 2.45) is 0 Å². The van der Waals surface area contributed by atoms with Gasteiger partial charge in [-0.1, -0.05) is 41.9 Å². The predicted molar refractivity (Wildman–Crippen MR) is 115 cm³/mol. The number of amides is 2. The summed E-state index contributed by atoms with van der Waals surface area (Å²) in [5.41, 5.74) is -0.0947. The molecule has 1 heterocycles. The molecule has 0 saturated carbocycles. The molecule has 0 aliphatic carbocycles. The van der Waals surface area contributed by atoms with E-state index in [1.165, 1.54) is 4.90 Å². The standard InChI is InChI=1S/C23H19ClN2O4/c1-30-18-11-9-17(10-12-18)25-21(27)14-26-20-8-3-2-7-19(20)23(29,22(26)28)15-5-4-6-16(24)13-15/h2-13,29H,14H2,1H3,(H,25,27). The molecule has 1 atom stereocenters. The van der Waals surface area contributed by atoms with Crippen LogP contribution in [0.25, 0.3) is 0 Å². The molecule has 0 spiro atoms. The first-order valence-corrected chi connectivity index (χ1v) is 9.65. The highest BCUT2D eigenvalue weighted by molar-refractivity contribution is 6.30. The van der Waals surface area contributed by atoms with Crippen LogP contribution in [0.1, 0.15) is 11.1 Å². The first kappa shape index (κ1) is 19.9. The Kier molecular flexibility index (Phi) is 5.20. The Labute approximate surface area is 178 Å². The molecule has 4 rings (SSSR count). The first-order chi connectivity index (χ1) is 14.4. The van der Waals surface area contributed by atoms with Crippen LogP contribution in [0.5, 0.6) is 5.75 Å². The van der Waals surface area contributed by atoms with E-state index in [4.69, 9.17) is 16.3 Å². The monoisotopic (exact) mass is 422 g/mol. The second kappa shape index (κ2) is 7.82. The lowest BCUT2D eigenvalue weighted by Crippen LogP contribution is -2.44. The third kappa shape index (κ3) is 3.40. The van der Waals surface area contributed by atoms with Crippen molar-refractivity contribution in [1.29, 1.82) is 0 Å². The van der Waals surface area contributed by atoms with E-state index in [9.17, 15) is 14.7 Å². The van der Waals surface area contributed by atoms with Gasteiger partial charge in [0.2, 0.25) is 5.91 Å². The molecule has 7 heteroatoms. The lowest BCUT2D eigenvalue weighted by atomic mass is 9.87. The predicted octanol–water partition coefficient (Wildman–Crippen LogP) is 3.57. The number of hydrogen-bond acceptors (Lipinski definition) is 4. The summed E-state index contributed by atoms with van der Waals surface area (Å²) in [6.07, 6.45) is 0. The summed E-state index contributed by atoms with van der Waals surface area (Å²) in [5, 5.41) is 14.6. The van der Waals surface area contributed by atoms with E-state index in [1.54, 1.807) is 79.9 Å². The fraction of sp³-hybridized carbons (Fsp3) is 0.130. The van der Waals surface area contributed by atoms with Gasteiger partial charge in [-0.3, -0.25) is 14.5 Å². The summed E-state index contributed by atoms with van der Waals surface area (Å²) in [7, 11) is 1.56. The Morgan fingerprint density at radius 2 is 1.83 bits per heavy atom. The second-order valence-corrected chi connectivity index (χ2v) is 7.34. The zero-order chi connectivity index (χ0) is 21.3. The third-order valence-corrected chi connectivity index (χ3v) is 5.29. The number of halogens is 1. The van der Waals surface area contributed by atoms with Gasteiger partial charge < -0.3 is 15.2 Å². The molecule has 2 amide bonds. The van der Waals surface area contributed by atoms with Crippen molar-refractivity contribution in [3.05, 3.63) is 88.9 Å². The fourth-order valence-electron chi connectivity index (χ4n) is 3.60. The molecule has 1 unspecified atom stereocenters. The number of carbonyl (C=O) groups excluding carboxylic acids is 2. The van der Waals surface area contributed by atoms with Gasteiger partial charge in [-0.15, -0.1) is 0 Å². The number of hydrogen-bond donors (Lipinski definition) is 2. The summed E-state index contributed by atoms with van der Waals surface area (Å²) >= 11 is 6.08. The minimum Gasteiger partial charge on any atom is -0.497 e. The van der Waals surface area contributed by atoms with Crippen molar-refractivity contribution in [2.45, 2.75) is 5.60 Å². The Morgan fingerprint density at radius 1 is 1.10 bits per heavy atom. The molecular formula is C23H19ClN2O4. The summed E-state index contributed by atoms with van der Waals surface area (Å²) in [6, 6.07) is 20.3. The Bertz CT molecular complexity index is 1120. The minimum atomic E-state index is -1.91. The number of carbonyl (C=O) groups is 2. The normalized spacial score (nSPS) is 17.6. The maximum Gasteiger partial charge on any atom is 0.268 e. The number of methoxy groups -OCH3 is 1. The van der Waals surface area contributed by atoms with Crippen LogP contribution in [0.4, 0.5) is 11.4 Å². The zero-order valence-electron chi connectivity index (χ0n) is 16.1. The van der Waals surface area contributed by atoms with E-state index in [0.717, 1.165) is 0 Å². The van der Waals surface area contributed by atoms with E-state index in [2.05, 4.69) is 5.32 Å². The molecule has 1 aliphatic heterocycles. The van der Waals surface area contributed by atoms with Crippen molar-refractivity contribution in [1.82, 2.24) is 0 Å². The summed E-state index contributed by atoms with van der Waals surface area (Å²) in [6.45, 7) is -0.245. The van der Waals surface area contributed by atoms with Crippen molar-refractivity contribution >= 4 is 34.8 Å². The minimum absolute atomic E-state index is 0.245. The van der Waals surface area contributed by atoms with Crippen LogP contribution >= 0.6 is 11.6 Å². The molecule has 30 heavy (non-hydrogen) atoms. The first-order valence-electron chi connectivity index (χ1n) is 9.27.